The van der Waals surface area contributed by atoms with E-state index in [-0.39, 0.29) is 30.4 Å². The van der Waals surface area contributed by atoms with Crippen molar-refractivity contribution < 1.29 is 28.7 Å². The number of aromatic amines is 1. The SMILES string of the molecule is COC(=O)[C@H]1Cc2c([nH]c3ccccc23)[C@@H](c2ccc(OC)c(COc3ccccc3F)c2)[NH2+]1. The van der Waals surface area contributed by atoms with Crippen LogP contribution in [0.5, 0.6) is 11.5 Å². The van der Waals surface area contributed by atoms with Crippen molar-refractivity contribution in [3.05, 3.63) is 94.9 Å². The van der Waals surface area contributed by atoms with E-state index in [0.29, 0.717) is 12.2 Å². The summed E-state index contributed by atoms with van der Waals surface area (Å²) >= 11 is 0. The molecule has 0 amide bonds. The maximum Gasteiger partial charge on any atom is 0.364 e. The fourth-order valence-corrected chi connectivity index (χ4v) is 4.74. The van der Waals surface area contributed by atoms with Gasteiger partial charge < -0.3 is 24.5 Å². The van der Waals surface area contributed by atoms with Crippen LogP contribution in [0.4, 0.5) is 4.39 Å². The fraction of sp³-hybridized carbons (Fsp3) is 0.222. The molecule has 0 radical (unpaired) electrons. The predicted molar refractivity (Wildman–Crippen MR) is 125 cm³/mol. The first-order chi connectivity index (χ1) is 16.6. The number of para-hydroxylation sites is 2. The molecule has 5 rings (SSSR count). The number of carbonyl (C=O) groups is 1. The highest BCUT2D eigenvalue weighted by Gasteiger charge is 2.38. The number of benzene rings is 3. The Kier molecular flexibility index (Phi) is 5.94. The molecule has 6 nitrogen and oxygen atoms in total. The van der Waals surface area contributed by atoms with Gasteiger partial charge in [-0.25, -0.2) is 9.18 Å². The molecule has 0 saturated heterocycles. The molecular weight excluding hydrogens is 435 g/mol. The summed E-state index contributed by atoms with van der Waals surface area (Å²) in [5, 5.41) is 3.15. The summed E-state index contributed by atoms with van der Waals surface area (Å²) in [6, 6.07) is 19.8. The number of rotatable bonds is 6. The van der Waals surface area contributed by atoms with Crippen molar-refractivity contribution in [1.82, 2.24) is 4.98 Å². The molecule has 0 bridgehead atoms. The van der Waals surface area contributed by atoms with Crippen molar-refractivity contribution in [2.24, 2.45) is 0 Å². The molecule has 4 aromatic rings. The minimum absolute atomic E-state index is 0.144. The van der Waals surface area contributed by atoms with Crippen molar-refractivity contribution in [2.75, 3.05) is 14.2 Å². The number of esters is 1. The molecule has 1 aromatic heterocycles. The fourth-order valence-electron chi connectivity index (χ4n) is 4.74. The van der Waals surface area contributed by atoms with E-state index in [1.165, 1.54) is 13.2 Å². The number of fused-ring (bicyclic) bond motifs is 3. The molecule has 174 valence electrons. The Bertz CT molecular complexity index is 1350. The Morgan fingerprint density at radius 1 is 1.06 bits per heavy atom. The van der Waals surface area contributed by atoms with Gasteiger partial charge in [-0.2, -0.15) is 0 Å². The highest BCUT2D eigenvalue weighted by molar-refractivity contribution is 5.86. The van der Waals surface area contributed by atoms with Crippen molar-refractivity contribution in [2.45, 2.75) is 25.1 Å². The van der Waals surface area contributed by atoms with Gasteiger partial charge in [-0.1, -0.05) is 30.3 Å². The zero-order valence-electron chi connectivity index (χ0n) is 19.0. The lowest BCUT2D eigenvalue weighted by Crippen LogP contribution is -2.94. The van der Waals surface area contributed by atoms with Crippen molar-refractivity contribution in [3.63, 3.8) is 0 Å². The van der Waals surface area contributed by atoms with E-state index >= 15 is 0 Å². The van der Waals surface area contributed by atoms with Crippen LogP contribution in [0.15, 0.2) is 66.7 Å². The third-order valence-electron chi connectivity index (χ3n) is 6.39. The lowest BCUT2D eigenvalue weighted by atomic mass is 9.89. The van der Waals surface area contributed by atoms with E-state index in [0.717, 1.165) is 33.3 Å². The molecule has 0 spiro atoms. The number of aromatic nitrogens is 1. The maximum atomic E-state index is 14.1. The predicted octanol–water partition coefficient (Wildman–Crippen LogP) is 3.65. The summed E-state index contributed by atoms with van der Waals surface area (Å²) in [4.78, 5) is 16.1. The van der Waals surface area contributed by atoms with E-state index < -0.39 is 5.82 Å². The summed E-state index contributed by atoms with van der Waals surface area (Å²) in [5.41, 5.74) is 4.99. The zero-order chi connectivity index (χ0) is 23.7. The van der Waals surface area contributed by atoms with E-state index in [1.54, 1.807) is 25.3 Å². The van der Waals surface area contributed by atoms with Crippen LogP contribution < -0.4 is 14.8 Å². The van der Waals surface area contributed by atoms with Crippen LogP contribution in [0.25, 0.3) is 10.9 Å². The molecule has 3 aromatic carbocycles. The molecule has 0 fully saturated rings. The minimum Gasteiger partial charge on any atom is -0.496 e. The highest BCUT2D eigenvalue weighted by atomic mass is 19.1. The van der Waals surface area contributed by atoms with Crippen LogP contribution in [0, 0.1) is 5.82 Å². The Morgan fingerprint density at radius 3 is 2.65 bits per heavy atom. The van der Waals surface area contributed by atoms with Crippen LogP contribution in [0.3, 0.4) is 0 Å². The van der Waals surface area contributed by atoms with Gasteiger partial charge in [0, 0.05) is 28.5 Å². The number of nitrogens with one attached hydrogen (secondary N) is 1. The lowest BCUT2D eigenvalue weighted by Gasteiger charge is -2.27. The van der Waals surface area contributed by atoms with Gasteiger partial charge in [-0.3, -0.25) is 0 Å². The van der Waals surface area contributed by atoms with Crippen LogP contribution in [0.2, 0.25) is 0 Å². The average molecular weight is 462 g/mol. The largest absolute Gasteiger partial charge is 0.496 e. The number of hydrogen-bond acceptors (Lipinski definition) is 4. The average Bonchev–Trinajstić information content (AvgIpc) is 3.25. The molecule has 2 atom stereocenters. The van der Waals surface area contributed by atoms with Gasteiger partial charge in [0.15, 0.2) is 23.7 Å². The molecule has 3 N–H and O–H groups in total. The normalized spacial score (nSPS) is 17.3. The topological polar surface area (TPSA) is 77.2 Å². The highest BCUT2D eigenvalue weighted by Crippen LogP contribution is 2.34. The number of H-pyrrole nitrogens is 1. The number of nitrogens with two attached hydrogens (primary N) is 1. The molecule has 34 heavy (non-hydrogen) atoms. The zero-order valence-corrected chi connectivity index (χ0v) is 19.0. The molecule has 0 aliphatic carbocycles. The molecule has 0 saturated carbocycles. The monoisotopic (exact) mass is 461 g/mol. The molecule has 2 heterocycles. The Labute approximate surface area is 196 Å². The van der Waals surface area contributed by atoms with Crippen LogP contribution in [-0.4, -0.2) is 31.2 Å². The van der Waals surface area contributed by atoms with Crippen molar-refractivity contribution >= 4 is 16.9 Å². The maximum absolute atomic E-state index is 14.1. The summed E-state index contributed by atoms with van der Waals surface area (Å²) < 4.78 is 30.4. The smallest absolute Gasteiger partial charge is 0.364 e. The van der Waals surface area contributed by atoms with Gasteiger partial charge in [-0.15, -0.1) is 0 Å². The van der Waals surface area contributed by atoms with Crippen LogP contribution in [0.1, 0.15) is 28.4 Å². The molecule has 7 heteroatoms. The summed E-state index contributed by atoms with van der Waals surface area (Å²) in [7, 11) is 3.01. The quantitative estimate of drug-likeness (QED) is 0.430. The number of ether oxygens (including phenoxy) is 3. The van der Waals surface area contributed by atoms with Crippen LogP contribution in [-0.2, 0) is 22.6 Å². The van der Waals surface area contributed by atoms with Gasteiger partial charge in [0.1, 0.15) is 12.4 Å². The second-order valence-electron chi connectivity index (χ2n) is 8.36. The third kappa shape index (κ3) is 3.99. The summed E-state index contributed by atoms with van der Waals surface area (Å²) in [5.74, 6) is 0.166. The lowest BCUT2D eigenvalue weighted by molar-refractivity contribution is -0.712. The van der Waals surface area contributed by atoms with E-state index in [2.05, 4.69) is 11.1 Å². The van der Waals surface area contributed by atoms with Gasteiger partial charge in [0.25, 0.3) is 0 Å². The van der Waals surface area contributed by atoms with Crippen molar-refractivity contribution in [1.29, 1.82) is 0 Å². The first-order valence-corrected chi connectivity index (χ1v) is 11.2. The van der Waals surface area contributed by atoms with Crippen LogP contribution >= 0.6 is 0 Å². The van der Waals surface area contributed by atoms with Gasteiger partial charge >= 0.3 is 5.97 Å². The number of quaternary nitrogens is 1. The number of halogens is 1. The number of carbonyl (C=O) groups excluding carboxylic acids is 1. The standard InChI is InChI=1S/C27H25FN2O4/c1-32-23-12-11-16(13-17(23)15-34-24-10-6-4-8-20(24)28)25-26-19(14-22(30-25)27(31)33-2)18-7-3-5-9-21(18)29-26/h3-13,22,25,29-30H,14-15H2,1-2H3/p+1/t22-,25-/m1/s1. The Hall–Kier alpha value is -3.84. The third-order valence-corrected chi connectivity index (χ3v) is 6.39. The van der Waals surface area contributed by atoms with E-state index in [1.807, 2.05) is 41.7 Å². The number of methoxy groups -OCH3 is 2. The number of hydrogen-bond donors (Lipinski definition) is 2. The van der Waals surface area contributed by atoms with E-state index in [9.17, 15) is 9.18 Å². The first-order valence-electron chi connectivity index (χ1n) is 11.2. The first kappa shape index (κ1) is 22.0. The van der Waals surface area contributed by atoms with Gasteiger partial charge in [-0.05, 0) is 42.0 Å². The molecule has 1 aliphatic rings. The molecule has 0 unspecified atom stereocenters. The Balaban J connectivity index is 1.54. The second kappa shape index (κ2) is 9.19. The summed E-state index contributed by atoms with van der Waals surface area (Å²) in [6.45, 7) is 0.144. The Morgan fingerprint density at radius 2 is 1.85 bits per heavy atom. The molecular formula is C27H26FN2O4+. The van der Waals surface area contributed by atoms with Gasteiger partial charge in [0.2, 0.25) is 0 Å². The van der Waals surface area contributed by atoms with Crippen molar-refractivity contribution in [3.8, 4) is 11.5 Å². The van der Waals surface area contributed by atoms with E-state index in [4.69, 9.17) is 14.2 Å². The van der Waals surface area contributed by atoms with Gasteiger partial charge in [0.05, 0.1) is 19.9 Å². The minimum atomic E-state index is -0.415. The summed E-state index contributed by atoms with van der Waals surface area (Å²) in [6.07, 6.45) is 0.585. The second-order valence-corrected chi connectivity index (χ2v) is 8.36. The molecule has 1 aliphatic heterocycles.